The van der Waals surface area contributed by atoms with Gasteiger partial charge in [0.15, 0.2) is 0 Å². The fourth-order valence-corrected chi connectivity index (χ4v) is 2.15. The number of esters is 1. The molecule has 1 atom stereocenters. The van der Waals surface area contributed by atoms with Crippen molar-refractivity contribution < 1.29 is 9.53 Å². The second-order valence-corrected chi connectivity index (χ2v) is 5.57. The van der Waals surface area contributed by atoms with Crippen molar-refractivity contribution in [1.82, 2.24) is 0 Å². The molecule has 1 fully saturated rings. The molecule has 18 heavy (non-hydrogen) atoms. The third-order valence-corrected chi connectivity index (χ3v) is 3.71. The molecule has 0 saturated heterocycles. The Morgan fingerprint density at radius 3 is 2.78 bits per heavy atom. The maximum atomic E-state index is 11.7. The lowest BCUT2D eigenvalue weighted by Crippen LogP contribution is -2.12. The molecule has 1 unspecified atom stereocenters. The van der Waals surface area contributed by atoms with Gasteiger partial charge in [0.2, 0.25) is 0 Å². The minimum atomic E-state index is -0.361. The van der Waals surface area contributed by atoms with Crippen LogP contribution in [0.2, 0.25) is 0 Å². The van der Waals surface area contributed by atoms with Crippen molar-refractivity contribution in [1.29, 1.82) is 0 Å². The zero-order valence-corrected chi connectivity index (χ0v) is 11.1. The van der Waals surface area contributed by atoms with E-state index in [1.54, 1.807) is 12.1 Å². The highest BCUT2D eigenvalue weighted by Crippen LogP contribution is 2.51. The first-order valence-electron chi connectivity index (χ1n) is 6.16. The number of nitrogens with one attached hydrogen (secondary N) is 1. The van der Waals surface area contributed by atoms with E-state index < -0.39 is 0 Å². The zero-order chi connectivity index (χ0) is 13.3. The molecule has 1 aliphatic rings. The van der Waals surface area contributed by atoms with Crippen molar-refractivity contribution >= 4 is 17.3 Å². The van der Waals surface area contributed by atoms with E-state index in [-0.39, 0.29) is 5.97 Å². The SMILES string of the molecule is COC(=O)c1cc(N)ccc1NCC1CC1(C)C. The molecule has 1 aromatic carbocycles. The summed E-state index contributed by atoms with van der Waals surface area (Å²) in [5, 5.41) is 3.32. The van der Waals surface area contributed by atoms with E-state index >= 15 is 0 Å². The maximum Gasteiger partial charge on any atom is 0.340 e. The normalized spacial score (nSPS) is 20.3. The summed E-state index contributed by atoms with van der Waals surface area (Å²) in [6.45, 7) is 5.38. The number of methoxy groups -OCH3 is 1. The zero-order valence-electron chi connectivity index (χ0n) is 11.1. The van der Waals surface area contributed by atoms with Gasteiger partial charge in [-0.2, -0.15) is 0 Å². The molecule has 1 aliphatic carbocycles. The van der Waals surface area contributed by atoms with Gasteiger partial charge in [0, 0.05) is 17.9 Å². The van der Waals surface area contributed by atoms with Crippen molar-refractivity contribution in [3.8, 4) is 0 Å². The van der Waals surface area contributed by atoms with Crippen LogP contribution in [-0.2, 0) is 4.74 Å². The second kappa shape index (κ2) is 4.52. The maximum absolute atomic E-state index is 11.7. The van der Waals surface area contributed by atoms with Crippen LogP contribution in [0.1, 0.15) is 30.6 Å². The van der Waals surface area contributed by atoms with Gasteiger partial charge in [-0.1, -0.05) is 13.8 Å². The summed E-state index contributed by atoms with van der Waals surface area (Å²) in [4.78, 5) is 11.7. The molecule has 2 rings (SSSR count). The first kappa shape index (κ1) is 12.7. The molecule has 0 amide bonds. The largest absolute Gasteiger partial charge is 0.465 e. The van der Waals surface area contributed by atoms with Crippen LogP contribution < -0.4 is 11.1 Å². The number of anilines is 2. The Kier molecular flexibility index (Phi) is 3.20. The smallest absolute Gasteiger partial charge is 0.340 e. The lowest BCUT2D eigenvalue weighted by Gasteiger charge is -2.12. The molecule has 4 nitrogen and oxygen atoms in total. The predicted molar refractivity (Wildman–Crippen MR) is 72.6 cm³/mol. The molecule has 0 heterocycles. The molecular formula is C14H20N2O2. The van der Waals surface area contributed by atoms with E-state index in [1.807, 2.05) is 6.07 Å². The van der Waals surface area contributed by atoms with E-state index in [1.165, 1.54) is 13.5 Å². The van der Waals surface area contributed by atoms with Crippen LogP contribution in [0, 0.1) is 11.3 Å². The summed E-state index contributed by atoms with van der Waals surface area (Å²) < 4.78 is 4.76. The number of ether oxygens (including phenoxy) is 1. The van der Waals surface area contributed by atoms with Gasteiger partial charge in [0.05, 0.1) is 12.7 Å². The average Bonchev–Trinajstić information content (AvgIpc) is 2.94. The third-order valence-electron chi connectivity index (χ3n) is 3.71. The molecule has 1 saturated carbocycles. The Morgan fingerprint density at radius 2 is 2.22 bits per heavy atom. The Hall–Kier alpha value is -1.71. The van der Waals surface area contributed by atoms with Crippen molar-refractivity contribution in [2.45, 2.75) is 20.3 Å². The number of hydrogen-bond acceptors (Lipinski definition) is 4. The number of nitrogen functional groups attached to an aromatic ring is 1. The number of rotatable bonds is 4. The van der Waals surface area contributed by atoms with E-state index in [2.05, 4.69) is 19.2 Å². The highest BCUT2D eigenvalue weighted by Gasteiger charge is 2.45. The van der Waals surface area contributed by atoms with Crippen LogP contribution >= 0.6 is 0 Å². The Bertz CT molecular complexity index is 469. The van der Waals surface area contributed by atoms with E-state index in [4.69, 9.17) is 10.5 Å². The van der Waals surface area contributed by atoms with Crippen LogP contribution in [0.25, 0.3) is 0 Å². The first-order valence-corrected chi connectivity index (χ1v) is 6.16. The number of nitrogens with two attached hydrogens (primary N) is 1. The summed E-state index contributed by atoms with van der Waals surface area (Å²) in [5.41, 5.74) is 7.97. The monoisotopic (exact) mass is 248 g/mol. The fraction of sp³-hybridized carbons (Fsp3) is 0.500. The van der Waals surface area contributed by atoms with Gasteiger partial charge in [-0.05, 0) is 36.0 Å². The highest BCUT2D eigenvalue weighted by molar-refractivity contribution is 5.96. The first-order chi connectivity index (χ1) is 8.44. The molecule has 1 aromatic rings. The lowest BCUT2D eigenvalue weighted by atomic mass is 10.1. The molecule has 98 valence electrons. The van der Waals surface area contributed by atoms with Gasteiger partial charge in [0.1, 0.15) is 0 Å². The number of benzene rings is 1. The van der Waals surface area contributed by atoms with Crippen LogP contribution in [0.3, 0.4) is 0 Å². The number of hydrogen-bond donors (Lipinski definition) is 2. The van der Waals surface area contributed by atoms with Gasteiger partial charge in [0.25, 0.3) is 0 Å². The fourth-order valence-electron chi connectivity index (χ4n) is 2.15. The summed E-state index contributed by atoms with van der Waals surface area (Å²) in [6.07, 6.45) is 1.22. The van der Waals surface area contributed by atoms with Crippen LogP contribution in [0.4, 0.5) is 11.4 Å². The van der Waals surface area contributed by atoms with Gasteiger partial charge in [-0.3, -0.25) is 0 Å². The summed E-state index contributed by atoms with van der Waals surface area (Å²) in [5.74, 6) is 0.306. The van der Waals surface area contributed by atoms with Crippen molar-refractivity contribution in [3.63, 3.8) is 0 Å². The minimum absolute atomic E-state index is 0.361. The highest BCUT2D eigenvalue weighted by atomic mass is 16.5. The second-order valence-electron chi connectivity index (χ2n) is 5.57. The topological polar surface area (TPSA) is 64.3 Å². The number of carbonyl (C=O) groups is 1. The van der Waals surface area contributed by atoms with E-state index in [0.717, 1.165) is 12.2 Å². The van der Waals surface area contributed by atoms with Gasteiger partial charge >= 0.3 is 5.97 Å². The molecule has 3 N–H and O–H groups in total. The Balaban J connectivity index is 2.09. The number of carbonyl (C=O) groups excluding carboxylic acids is 1. The quantitative estimate of drug-likeness (QED) is 0.634. The van der Waals surface area contributed by atoms with Crippen LogP contribution in [-0.4, -0.2) is 19.6 Å². The summed E-state index contributed by atoms with van der Waals surface area (Å²) >= 11 is 0. The third kappa shape index (κ3) is 2.58. The van der Waals surface area contributed by atoms with Gasteiger partial charge in [-0.25, -0.2) is 4.79 Å². The van der Waals surface area contributed by atoms with Crippen molar-refractivity contribution in [2.24, 2.45) is 11.3 Å². The van der Waals surface area contributed by atoms with Crippen LogP contribution in [0.15, 0.2) is 18.2 Å². The van der Waals surface area contributed by atoms with Crippen molar-refractivity contribution in [2.75, 3.05) is 24.7 Å². The van der Waals surface area contributed by atoms with E-state index in [9.17, 15) is 4.79 Å². The summed E-state index contributed by atoms with van der Waals surface area (Å²) in [7, 11) is 1.37. The minimum Gasteiger partial charge on any atom is -0.465 e. The van der Waals surface area contributed by atoms with Crippen molar-refractivity contribution in [3.05, 3.63) is 23.8 Å². The molecule has 4 heteroatoms. The molecule has 0 spiro atoms. The lowest BCUT2D eigenvalue weighted by molar-refractivity contribution is 0.0602. The molecule has 0 aliphatic heterocycles. The predicted octanol–water partition coefficient (Wildman–Crippen LogP) is 2.51. The Morgan fingerprint density at radius 1 is 1.56 bits per heavy atom. The molecular weight excluding hydrogens is 228 g/mol. The van der Waals surface area contributed by atoms with E-state index in [0.29, 0.717) is 22.6 Å². The van der Waals surface area contributed by atoms with Crippen LogP contribution in [0.5, 0.6) is 0 Å². The van der Waals surface area contributed by atoms with Gasteiger partial charge < -0.3 is 15.8 Å². The molecule has 0 radical (unpaired) electrons. The Labute approximate surface area is 108 Å². The molecule has 0 aromatic heterocycles. The molecule has 0 bridgehead atoms. The van der Waals surface area contributed by atoms with Gasteiger partial charge in [-0.15, -0.1) is 0 Å². The summed E-state index contributed by atoms with van der Waals surface area (Å²) in [6, 6.07) is 5.26. The standard InChI is InChI=1S/C14H20N2O2/c1-14(2)7-9(14)8-16-12-5-4-10(15)6-11(12)13(17)18-3/h4-6,9,16H,7-8,15H2,1-3H3. The average molecular weight is 248 g/mol.